The van der Waals surface area contributed by atoms with Gasteiger partial charge in [0.25, 0.3) is 10.0 Å². The lowest BCUT2D eigenvalue weighted by atomic mass is 10.7. The van der Waals surface area contributed by atoms with Gasteiger partial charge in [-0.25, -0.2) is 0 Å². The van der Waals surface area contributed by atoms with Gasteiger partial charge in [-0.3, -0.25) is 4.79 Å². The van der Waals surface area contributed by atoms with Crippen LogP contribution < -0.4 is 0 Å². The molecule has 0 atom stereocenters. The molecule has 0 fully saturated rings. The van der Waals surface area contributed by atoms with Crippen molar-refractivity contribution < 1.29 is 13.0 Å². The van der Waals surface area contributed by atoms with E-state index in [9.17, 15) is 4.79 Å². The third-order valence-corrected chi connectivity index (χ3v) is 3.67. The summed E-state index contributed by atoms with van der Waals surface area (Å²) in [6, 6.07) is 0. The maximum Gasteiger partial charge on any atom is 0.283 e. The van der Waals surface area contributed by atoms with Crippen LogP contribution in [0.25, 0.3) is 0 Å². The largest absolute Gasteiger partial charge is 0.449 e. The van der Waals surface area contributed by atoms with E-state index < -0.39 is 19.8 Å². The zero-order chi connectivity index (χ0) is 7.11. The van der Waals surface area contributed by atoms with Crippen molar-refractivity contribution in [2.75, 3.05) is 0 Å². The molecule has 0 bridgehead atoms. The summed E-state index contributed by atoms with van der Waals surface area (Å²) in [6.07, 6.45) is 1.31. The Morgan fingerprint density at radius 2 is 2.44 bits per heavy atom. The summed E-state index contributed by atoms with van der Waals surface area (Å²) in [5.41, 5.74) is 0. The van der Waals surface area contributed by atoms with Crippen LogP contribution in [0.15, 0.2) is 12.7 Å². The highest BCUT2D eigenvalue weighted by Crippen LogP contribution is 1.71. The summed E-state index contributed by atoms with van der Waals surface area (Å²) in [7, 11) is -1.03. The first kappa shape index (κ1) is 8.98. The Kier molecular flexibility index (Phi) is 6.09. The fourth-order valence-electron chi connectivity index (χ4n) is 0.285. The summed E-state index contributed by atoms with van der Waals surface area (Å²) in [6.45, 7) is 3.33. The second-order valence-electron chi connectivity index (χ2n) is 1.43. The summed E-state index contributed by atoms with van der Waals surface area (Å²) in [5.74, 6) is 0. The number of carbonyl (C=O) groups is 1. The van der Waals surface area contributed by atoms with E-state index in [1.165, 1.54) is 6.08 Å². The first-order valence-electron chi connectivity index (χ1n) is 2.53. The van der Waals surface area contributed by atoms with Gasteiger partial charge in [0.2, 0.25) is 9.76 Å². The van der Waals surface area contributed by atoms with Gasteiger partial charge in [0.1, 0.15) is 10.5 Å². The second-order valence-corrected chi connectivity index (χ2v) is 6.59. The number of hydrogen-bond acceptors (Lipinski definition) is 3. The summed E-state index contributed by atoms with van der Waals surface area (Å²) >= 11 is 0. The molecule has 0 unspecified atom stereocenters. The smallest absolute Gasteiger partial charge is 0.283 e. The molecule has 0 spiro atoms. The van der Waals surface area contributed by atoms with Crippen molar-refractivity contribution >= 4 is 35.7 Å². The lowest BCUT2D eigenvalue weighted by Gasteiger charge is -1.96. The highest BCUT2D eigenvalue weighted by Gasteiger charge is 1.94. The van der Waals surface area contributed by atoms with Crippen LogP contribution in [-0.4, -0.2) is 35.7 Å². The average Bonchev–Trinajstić information content (AvgIpc) is 1.89. The number of hydrogen-bond donors (Lipinski definition) is 0. The van der Waals surface area contributed by atoms with Crippen molar-refractivity contribution in [2.45, 2.75) is 0 Å². The molecule has 0 amide bonds. The predicted octanol–water partition coefficient (Wildman–Crippen LogP) is -2.90. The molecule has 0 saturated carbocycles. The van der Waals surface area contributed by atoms with E-state index in [1.807, 2.05) is 0 Å². The zero-order valence-corrected chi connectivity index (χ0v) is 10.3. The Bertz CT molecular complexity index is 104. The molecule has 0 aliphatic carbocycles. The van der Waals surface area contributed by atoms with Crippen LogP contribution in [0.4, 0.5) is 0 Å². The minimum Gasteiger partial charge on any atom is -0.449 e. The third-order valence-electron chi connectivity index (χ3n) is 0.673. The van der Waals surface area contributed by atoms with Crippen LogP contribution in [0.2, 0.25) is 0 Å². The monoisotopic (exact) mass is 178 g/mol. The lowest BCUT2D eigenvalue weighted by Crippen LogP contribution is -2.14. The van der Waals surface area contributed by atoms with Crippen LogP contribution >= 0.6 is 0 Å². The molecule has 0 saturated heterocycles. The molecule has 52 valence electrons. The molecule has 0 aromatic carbocycles. The van der Waals surface area contributed by atoms with E-state index in [2.05, 4.69) is 6.58 Å². The normalized spacial score (nSPS) is 12.0. The quantitative estimate of drug-likeness (QED) is 0.257. The first-order chi connectivity index (χ1) is 4.31. The van der Waals surface area contributed by atoms with Crippen molar-refractivity contribution in [3.05, 3.63) is 12.7 Å². The predicted molar refractivity (Wildman–Crippen MR) is 44.4 cm³/mol. The minimum absolute atomic E-state index is 0.0567. The van der Waals surface area contributed by atoms with Crippen molar-refractivity contribution in [1.82, 2.24) is 0 Å². The Morgan fingerprint density at radius 1 is 1.78 bits per heavy atom. The van der Waals surface area contributed by atoms with Gasteiger partial charge in [0.15, 0.2) is 5.41 Å². The molecule has 3 nitrogen and oxygen atoms in total. The van der Waals surface area contributed by atoms with E-state index in [4.69, 9.17) is 8.23 Å². The Balaban J connectivity index is 3.07. The molecule has 0 aliphatic heterocycles. The molecule has 0 aromatic rings. The molecule has 0 rings (SSSR count). The molecular weight excluding hydrogens is 168 g/mol. The first-order valence-corrected chi connectivity index (χ1v) is 5.78. The van der Waals surface area contributed by atoms with E-state index in [0.717, 1.165) is 10.5 Å². The number of allylic oxidation sites excluding steroid dienone is 1. The highest BCUT2D eigenvalue weighted by atomic mass is 28.3. The summed E-state index contributed by atoms with van der Waals surface area (Å²) < 4.78 is 9.85. The van der Waals surface area contributed by atoms with Gasteiger partial charge in [0.05, 0.1) is 0 Å². The fourth-order valence-corrected chi connectivity index (χ4v) is 3.71. The van der Waals surface area contributed by atoms with Crippen molar-refractivity contribution in [1.29, 1.82) is 0 Å². The van der Waals surface area contributed by atoms with Gasteiger partial charge in [0, 0.05) is 0 Å². The maximum absolute atomic E-state index is 10.5. The van der Waals surface area contributed by atoms with Crippen molar-refractivity contribution in [3.8, 4) is 0 Å². The van der Waals surface area contributed by atoms with E-state index in [1.54, 1.807) is 0 Å². The Labute approximate surface area is 62.0 Å². The molecule has 0 N–H and O–H groups in total. The molecular formula is C3H10O3Si3. The van der Waals surface area contributed by atoms with E-state index in [-0.39, 0.29) is 5.41 Å². The number of carbonyl (C=O) groups excluding carboxylic acids is 1. The average molecular weight is 178 g/mol. The number of rotatable bonds is 5. The molecule has 9 heavy (non-hydrogen) atoms. The van der Waals surface area contributed by atoms with Crippen LogP contribution in [-0.2, 0) is 13.0 Å². The van der Waals surface area contributed by atoms with Gasteiger partial charge in [-0.15, -0.1) is 0 Å². The summed E-state index contributed by atoms with van der Waals surface area (Å²) in [5, 5.41) is 0.0567. The topological polar surface area (TPSA) is 35.5 Å². The third kappa shape index (κ3) is 5.86. The van der Waals surface area contributed by atoms with E-state index >= 15 is 0 Å². The molecule has 6 heteroatoms. The van der Waals surface area contributed by atoms with Gasteiger partial charge < -0.3 is 8.23 Å². The van der Waals surface area contributed by atoms with Crippen molar-refractivity contribution in [2.24, 2.45) is 0 Å². The molecule has 0 heterocycles. The maximum atomic E-state index is 10.5. The minimum atomic E-state index is -0.973. The molecule has 0 aromatic heterocycles. The zero-order valence-electron chi connectivity index (χ0n) is 5.42. The van der Waals surface area contributed by atoms with Crippen LogP contribution in [0.5, 0.6) is 0 Å². The SMILES string of the molecule is C=CC(=O)[SiH2]O[SiH2]O[SiH3]. The van der Waals surface area contributed by atoms with E-state index in [0.29, 0.717) is 0 Å². The fraction of sp³-hybridized carbons (Fsp3) is 0. The van der Waals surface area contributed by atoms with Gasteiger partial charge >= 0.3 is 0 Å². The van der Waals surface area contributed by atoms with Crippen LogP contribution in [0, 0.1) is 0 Å². The Hall–Kier alpha value is -0.0194. The Morgan fingerprint density at radius 3 is 2.89 bits per heavy atom. The van der Waals surface area contributed by atoms with Crippen LogP contribution in [0.1, 0.15) is 0 Å². The standard InChI is InChI=1S/C3H10O3Si3/c1-2-3(4)8-6-9-5-7/h2H,1,8-9H2,7H3. The highest BCUT2D eigenvalue weighted by molar-refractivity contribution is 6.74. The van der Waals surface area contributed by atoms with Gasteiger partial charge in [-0.2, -0.15) is 0 Å². The van der Waals surface area contributed by atoms with Crippen molar-refractivity contribution in [3.63, 3.8) is 0 Å². The molecule has 0 radical (unpaired) electrons. The van der Waals surface area contributed by atoms with Gasteiger partial charge in [-0.05, 0) is 6.08 Å². The van der Waals surface area contributed by atoms with Crippen LogP contribution in [0.3, 0.4) is 0 Å². The molecule has 0 aliphatic rings. The lowest BCUT2D eigenvalue weighted by molar-refractivity contribution is -0.108. The van der Waals surface area contributed by atoms with Gasteiger partial charge in [-0.1, -0.05) is 6.58 Å². The summed E-state index contributed by atoms with van der Waals surface area (Å²) in [4.78, 5) is 10.5. The second kappa shape index (κ2) is 6.11.